The van der Waals surface area contributed by atoms with Crippen LogP contribution in [0.15, 0.2) is 24.3 Å². The molecular formula is C9H15N. The van der Waals surface area contributed by atoms with Crippen LogP contribution >= 0.6 is 0 Å². The van der Waals surface area contributed by atoms with Crippen molar-refractivity contribution in [3.05, 3.63) is 24.3 Å². The summed E-state index contributed by atoms with van der Waals surface area (Å²) in [6.45, 7) is 4.22. The summed E-state index contributed by atoms with van der Waals surface area (Å²) in [5.74, 6) is 0.442. The maximum Gasteiger partial charge on any atom is 0.0221 e. The van der Waals surface area contributed by atoms with E-state index in [9.17, 15) is 0 Å². The summed E-state index contributed by atoms with van der Waals surface area (Å²) in [6.07, 6.45) is 9.45. The molecule has 0 bridgehead atoms. The third kappa shape index (κ3) is 1.29. The van der Waals surface area contributed by atoms with Gasteiger partial charge in [-0.3, -0.25) is 0 Å². The van der Waals surface area contributed by atoms with Gasteiger partial charge < -0.3 is 5.73 Å². The molecule has 0 fully saturated rings. The van der Waals surface area contributed by atoms with Crippen LogP contribution in [-0.4, -0.2) is 5.54 Å². The Morgan fingerprint density at radius 1 is 1.40 bits per heavy atom. The molecule has 1 unspecified atom stereocenters. The lowest BCUT2D eigenvalue weighted by molar-refractivity contribution is 0.390. The van der Waals surface area contributed by atoms with Crippen LogP contribution in [-0.2, 0) is 0 Å². The van der Waals surface area contributed by atoms with E-state index in [1.807, 2.05) is 0 Å². The summed E-state index contributed by atoms with van der Waals surface area (Å²) in [7, 11) is 0. The first-order valence-corrected chi connectivity index (χ1v) is 3.80. The van der Waals surface area contributed by atoms with Crippen molar-refractivity contribution in [1.82, 2.24) is 0 Å². The molecule has 1 heteroatoms. The number of nitrogens with two attached hydrogens (primary N) is 1. The van der Waals surface area contributed by atoms with E-state index in [4.69, 9.17) is 5.73 Å². The maximum atomic E-state index is 6.02. The standard InChI is InChI=1S/C9H15N/c1-3-9(2,10)8-6-4-5-7-8/h4-8H,3,10H2,1-2H3. The van der Waals surface area contributed by atoms with E-state index < -0.39 is 0 Å². The second kappa shape index (κ2) is 2.59. The van der Waals surface area contributed by atoms with Crippen molar-refractivity contribution in [3.8, 4) is 0 Å². The highest BCUT2D eigenvalue weighted by molar-refractivity contribution is 5.22. The molecule has 56 valence electrons. The van der Waals surface area contributed by atoms with E-state index >= 15 is 0 Å². The van der Waals surface area contributed by atoms with E-state index in [0.29, 0.717) is 5.92 Å². The van der Waals surface area contributed by atoms with Gasteiger partial charge in [0, 0.05) is 11.5 Å². The third-order valence-corrected chi connectivity index (χ3v) is 2.27. The van der Waals surface area contributed by atoms with Gasteiger partial charge in [-0.25, -0.2) is 0 Å². The zero-order valence-electron chi connectivity index (χ0n) is 6.67. The van der Waals surface area contributed by atoms with E-state index in [2.05, 4.69) is 38.2 Å². The van der Waals surface area contributed by atoms with Crippen molar-refractivity contribution < 1.29 is 0 Å². The van der Waals surface area contributed by atoms with E-state index in [1.54, 1.807) is 0 Å². The first-order valence-electron chi connectivity index (χ1n) is 3.80. The zero-order valence-corrected chi connectivity index (χ0v) is 6.67. The lowest BCUT2D eigenvalue weighted by Crippen LogP contribution is -2.41. The number of hydrogen-bond donors (Lipinski definition) is 1. The van der Waals surface area contributed by atoms with Crippen molar-refractivity contribution in [2.75, 3.05) is 0 Å². The fourth-order valence-electron chi connectivity index (χ4n) is 1.11. The van der Waals surface area contributed by atoms with Crippen LogP contribution in [0, 0.1) is 5.92 Å². The van der Waals surface area contributed by atoms with Crippen LogP contribution in [0.2, 0.25) is 0 Å². The van der Waals surface area contributed by atoms with E-state index in [-0.39, 0.29) is 5.54 Å². The predicted octanol–water partition coefficient (Wildman–Crippen LogP) is 1.86. The van der Waals surface area contributed by atoms with Crippen molar-refractivity contribution in [2.24, 2.45) is 11.7 Å². The highest BCUT2D eigenvalue weighted by Gasteiger charge is 2.24. The van der Waals surface area contributed by atoms with Gasteiger partial charge in [-0.2, -0.15) is 0 Å². The Hall–Kier alpha value is -0.560. The van der Waals surface area contributed by atoms with Gasteiger partial charge in [0.05, 0.1) is 0 Å². The second-order valence-electron chi connectivity index (χ2n) is 3.15. The molecule has 0 saturated carbocycles. The van der Waals surface area contributed by atoms with Crippen LogP contribution in [0.3, 0.4) is 0 Å². The quantitative estimate of drug-likeness (QED) is 0.617. The molecule has 0 radical (unpaired) electrons. The summed E-state index contributed by atoms with van der Waals surface area (Å²) >= 11 is 0. The normalized spacial score (nSPS) is 23.5. The minimum Gasteiger partial charge on any atom is -0.325 e. The Morgan fingerprint density at radius 3 is 2.30 bits per heavy atom. The van der Waals surface area contributed by atoms with Crippen molar-refractivity contribution >= 4 is 0 Å². The molecule has 0 spiro atoms. The summed E-state index contributed by atoms with van der Waals surface area (Å²) in [4.78, 5) is 0. The molecule has 0 aromatic carbocycles. The summed E-state index contributed by atoms with van der Waals surface area (Å²) in [5, 5.41) is 0. The number of hydrogen-bond acceptors (Lipinski definition) is 1. The van der Waals surface area contributed by atoms with Crippen molar-refractivity contribution in [2.45, 2.75) is 25.8 Å². The molecule has 0 heterocycles. The molecule has 1 aliphatic rings. The average Bonchev–Trinajstić information content (AvgIpc) is 2.38. The smallest absolute Gasteiger partial charge is 0.0221 e. The van der Waals surface area contributed by atoms with Crippen LogP contribution in [0.4, 0.5) is 0 Å². The molecule has 1 aliphatic carbocycles. The van der Waals surface area contributed by atoms with Gasteiger partial charge >= 0.3 is 0 Å². The van der Waals surface area contributed by atoms with E-state index in [0.717, 1.165) is 6.42 Å². The summed E-state index contributed by atoms with van der Waals surface area (Å²) < 4.78 is 0. The molecule has 1 nitrogen and oxygen atoms in total. The second-order valence-corrected chi connectivity index (χ2v) is 3.15. The first kappa shape index (κ1) is 7.55. The minimum absolute atomic E-state index is 0.0521. The molecule has 0 aliphatic heterocycles. The molecule has 1 atom stereocenters. The number of allylic oxidation sites excluding steroid dienone is 2. The fourth-order valence-corrected chi connectivity index (χ4v) is 1.11. The predicted molar refractivity (Wildman–Crippen MR) is 44.7 cm³/mol. The van der Waals surface area contributed by atoms with Crippen molar-refractivity contribution in [3.63, 3.8) is 0 Å². The Bertz CT molecular complexity index is 154. The van der Waals surface area contributed by atoms with Crippen LogP contribution in [0.1, 0.15) is 20.3 Å². The Balaban J connectivity index is 2.64. The van der Waals surface area contributed by atoms with Crippen LogP contribution < -0.4 is 5.73 Å². The molecule has 10 heavy (non-hydrogen) atoms. The zero-order chi connectivity index (χ0) is 7.61. The number of rotatable bonds is 2. The third-order valence-electron chi connectivity index (χ3n) is 2.27. The van der Waals surface area contributed by atoms with Gasteiger partial charge in [-0.1, -0.05) is 31.2 Å². The van der Waals surface area contributed by atoms with Gasteiger partial charge in [-0.05, 0) is 13.3 Å². The van der Waals surface area contributed by atoms with Crippen molar-refractivity contribution in [1.29, 1.82) is 0 Å². The van der Waals surface area contributed by atoms with Gasteiger partial charge in [0.25, 0.3) is 0 Å². The lowest BCUT2D eigenvalue weighted by Gasteiger charge is -2.27. The highest BCUT2D eigenvalue weighted by Crippen LogP contribution is 2.23. The topological polar surface area (TPSA) is 26.0 Å². The molecule has 0 saturated heterocycles. The highest BCUT2D eigenvalue weighted by atomic mass is 14.7. The average molecular weight is 137 g/mol. The molecule has 2 N–H and O–H groups in total. The largest absolute Gasteiger partial charge is 0.325 e. The molecule has 0 aromatic heterocycles. The summed E-state index contributed by atoms with van der Waals surface area (Å²) in [6, 6.07) is 0. The van der Waals surface area contributed by atoms with Crippen LogP contribution in [0.25, 0.3) is 0 Å². The lowest BCUT2D eigenvalue weighted by atomic mass is 9.85. The Labute approximate surface area is 62.6 Å². The van der Waals surface area contributed by atoms with Crippen LogP contribution in [0.5, 0.6) is 0 Å². The molecular weight excluding hydrogens is 122 g/mol. The summed E-state index contributed by atoms with van der Waals surface area (Å²) in [5.41, 5.74) is 5.97. The molecule has 0 amide bonds. The van der Waals surface area contributed by atoms with Gasteiger partial charge in [0.2, 0.25) is 0 Å². The minimum atomic E-state index is -0.0521. The Kier molecular flexibility index (Phi) is 1.95. The monoisotopic (exact) mass is 137 g/mol. The van der Waals surface area contributed by atoms with Gasteiger partial charge in [0.15, 0.2) is 0 Å². The van der Waals surface area contributed by atoms with Gasteiger partial charge in [-0.15, -0.1) is 0 Å². The molecule has 1 rings (SSSR count). The Morgan fingerprint density at radius 2 is 1.90 bits per heavy atom. The van der Waals surface area contributed by atoms with Gasteiger partial charge in [0.1, 0.15) is 0 Å². The molecule has 0 aromatic rings. The first-order chi connectivity index (χ1) is 4.67. The SMILES string of the molecule is CCC(C)(N)C1C=CC=C1. The van der Waals surface area contributed by atoms with E-state index in [1.165, 1.54) is 0 Å². The maximum absolute atomic E-state index is 6.02. The fraction of sp³-hybridized carbons (Fsp3) is 0.556.